The van der Waals surface area contributed by atoms with E-state index >= 15 is 0 Å². The van der Waals surface area contributed by atoms with E-state index in [1.54, 1.807) is 18.2 Å². The fraction of sp³-hybridized carbons (Fsp3) is 0.333. The van der Waals surface area contributed by atoms with E-state index in [9.17, 15) is 4.39 Å². The van der Waals surface area contributed by atoms with E-state index in [0.29, 0.717) is 11.3 Å². The number of hydrogen-bond donors (Lipinski definition) is 1. The molecule has 0 amide bonds. The van der Waals surface area contributed by atoms with Gasteiger partial charge in [0.2, 0.25) is 0 Å². The van der Waals surface area contributed by atoms with Gasteiger partial charge in [0.25, 0.3) is 0 Å². The number of hydrogen-bond acceptors (Lipinski definition) is 2. The van der Waals surface area contributed by atoms with Crippen LogP contribution in [-0.2, 0) is 6.42 Å². The van der Waals surface area contributed by atoms with Crippen molar-refractivity contribution in [3.05, 3.63) is 65.5 Å². The first kappa shape index (κ1) is 15.5. The number of halogens is 1. The quantitative estimate of drug-likeness (QED) is 0.862. The van der Waals surface area contributed by atoms with E-state index in [1.165, 1.54) is 11.6 Å². The molecule has 2 nitrogen and oxygen atoms in total. The highest BCUT2D eigenvalue weighted by molar-refractivity contribution is 5.29. The van der Waals surface area contributed by atoms with Gasteiger partial charge in [0.15, 0.2) is 0 Å². The summed E-state index contributed by atoms with van der Waals surface area (Å²) >= 11 is 0. The minimum Gasteiger partial charge on any atom is -0.484 e. The van der Waals surface area contributed by atoms with Gasteiger partial charge in [-0.15, -0.1) is 0 Å². The van der Waals surface area contributed by atoms with Crippen molar-refractivity contribution in [2.75, 3.05) is 0 Å². The summed E-state index contributed by atoms with van der Waals surface area (Å²) in [5.41, 5.74) is 7.73. The Morgan fingerprint density at radius 1 is 1.10 bits per heavy atom. The molecule has 0 saturated carbocycles. The van der Waals surface area contributed by atoms with Gasteiger partial charge < -0.3 is 10.5 Å². The third-order valence-corrected chi connectivity index (χ3v) is 3.41. The van der Waals surface area contributed by atoms with Gasteiger partial charge in [0, 0.05) is 11.6 Å². The average molecular weight is 287 g/mol. The van der Waals surface area contributed by atoms with Crippen LogP contribution in [0.4, 0.5) is 4.39 Å². The summed E-state index contributed by atoms with van der Waals surface area (Å²) in [6.45, 7) is 3.97. The fourth-order valence-electron chi connectivity index (χ4n) is 2.33. The second-order valence-corrected chi connectivity index (χ2v) is 5.31. The maximum atomic E-state index is 13.9. The standard InChI is InChI=1S/C18H22FNO/c1-3-6-14-9-11-15(12-10-14)21-18(13(2)20)16-7-4-5-8-17(16)19/h4-5,7-13,18H,3,6,20H2,1-2H3. The monoisotopic (exact) mass is 287 g/mol. The molecular weight excluding hydrogens is 265 g/mol. The van der Waals surface area contributed by atoms with Crippen molar-refractivity contribution in [2.24, 2.45) is 5.73 Å². The molecule has 2 N–H and O–H groups in total. The third-order valence-electron chi connectivity index (χ3n) is 3.41. The minimum atomic E-state index is -0.497. The lowest BCUT2D eigenvalue weighted by atomic mass is 10.0. The van der Waals surface area contributed by atoms with Crippen LogP contribution >= 0.6 is 0 Å². The zero-order valence-electron chi connectivity index (χ0n) is 12.6. The lowest BCUT2D eigenvalue weighted by Gasteiger charge is -2.23. The van der Waals surface area contributed by atoms with Crippen LogP contribution in [0.15, 0.2) is 48.5 Å². The molecule has 0 bridgehead atoms. The molecule has 0 aliphatic carbocycles. The summed E-state index contributed by atoms with van der Waals surface area (Å²) in [7, 11) is 0. The zero-order valence-corrected chi connectivity index (χ0v) is 12.6. The number of aryl methyl sites for hydroxylation is 1. The molecule has 21 heavy (non-hydrogen) atoms. The SMILES string of the molecule is CCCc1ccc(OC(c2ccccc2F)C(C)N)cc1. The Morgan fingerprint density at radius 2 is 1.76 bits per heavy atom. The lowest BCUT2D eigenvalue weighted by molar-refractivity contribution is 0.175. The Kier molecular flexibility index (Phi) is 5.34. The van der Waals surface area contributed by atoms with Crippen LogP contribution in [0, 0.1) is 5.82 Å². The molecule has 0 heterocycles. The van der Waals surface area contributed by atoms with Gasteiger partial charge >= 0.3 is 0 Å². The fourth-order valence-corrected chi connectivity index (χ4v) is 2.33. The highest BCUT2D eigenvalue weighted by Crippen LogP contribution is 2.26. The molecule has 2 atom stereocenters. The maximum Gasteiger partial charge on any atom is 0.141 e. The molecular formula is C18H22FNO. The van der Waals surface area contributed by atoms with Crippen molar-refractivity contribution in [1.82, 2.24) is 0 Å². The van der Waals surface area contributed by atoms with E-state index in [2.05, 4.69) is 6.92 Å². The Labute approximate surface area is 125 Å². The summed E-state index contributed by atoms with van der Waals surface area (Å²) in [6, 6.07) is 14.2. The van der Waals surface area contributed by atoms with Crippen molar-refractivity contribution < 1.29 is 9.13 Å². The molecule has 2 unspecified atom stereocenters. The van der Waals surface area contributed by atoms with Crippen LogP contribution in [0.3, 0.4) is 0 Å². The van der Waals surface area contributed by atoms with E-state index in [1.807, 2.05) is 31.2 Å². The van der Waals surface area contributed by atoms with Crippen LogP contribution < -0.4 is 10.5 Å². The molecule has 2 aromatic carbocycles. The predicted octanol–water partition coefficient (Wildman–Crippen LogP) is 4.25. The number of ether oxygens (including phenoxy) is 1. The first-order valence-corrected chi connectivity index (χ1v) is 7.37. The summed E-state index contributed by atoms with van der Waals surface area (Å²) in [5.74, 6) is 0.419. The minimum absolute atomic E-state index is 0.289. The summed E-state index contributed by atoms with van der Waals surface area (Å²) in [4.78, 5) is 0. The Hall–Kier alpha value is -1.87. The molecule has 0 aromatic heterocycles. The molecule has 3 heteroatoms. The third kappa shape index (κ3) is 4.05. The molecule has 112 valence electrons. The first-order chi connectivity index (χ1) is 10.1. The number of nitrogens with two attached hydrogens (primary N) is 1. The second-order valence-electron chi connectivity index (χ2n) is 5.31. The van der Waals surface area contributed by atoms with E-state index < -0.39 is 6.10 Å². The van der Waals surface area contributed by atoms with Crippen LogP contribution in [0.1, 0.15) is 37.5 Å². The second kappa shape index (κ2) is 7.23. The van der Waals surface area contributed by atoms with E-state index in [4.69, 9.17) is 10.5 Å². The van der Waals surface area contributed by atoms with Crippen molar-refractivity contribution in [3.8, 4) is 5.75 Å². The Morgan fingerprint density at radius 3 is 2.33 bits per heavy atom. The maximum absolute atomic E-state index is 13.9. The van der Waals surface area contributed by atoms with Crippen molar-refractivity contribution in [1.29, 1.82) is 0 Å². The normalized spacial score (nSPS) is 13.7. The van der Waals surface area contributed by atoms with Crippen molar-refractivity contribution in [2.45, 2.75) is 38.8 Å². The molecule has 2 aromatic rings. The summed E-state index contributed by atoms with van der Waals surface area (Å²) < 4.78 is 19.8. The van der Waals surface area contributed by atoms with Gasteiger partial charge in [-0.1, -0.05) is 43.7 Å². The first-order valence-electron chi connectivity index (χ1n) is 7.37. The smallest absolute Gasteiger partial charge is 0.141 e. The van der Waals surface area contributed by atoms with E-state index in [-0.39, 0.29) is 11.9 Å². The van der Waals surface area contributed by atoms with E-state index in [0.717, 1.165) is 12.8 Å². The van der Waals surface area contributed by atoms with Crippen molar-refractivity contribution >= 4 is 0 Å². The molecule has 0 aliphatic rings. The number of rotatable bonds is 6. The topological polar surface area (TPSA) is 35.2 Å². The molecule has 2 rings (SSSR count). The average Bonchev–Trinajstić information content (AvgIpc) is 2.47. The van der Waals surface area contributed by atoms with Gasteiger partial charge in [0.1, 0.15) is 17.7 Å². The molecule has 0 aliphatic heterocycles. The van der Waals surface area contributed by atoms with Gasteiger partial charge in [-0.3, -0.25) is 0 Å². The lowest BCUT2D eigenvalue weighted by Crippen LogP contribution is -2.29. The summed E-state index contributed by atoms with van der Waals surface area (Å²) in [5, 5.41) is 0. The van der Waals surface area contributed by atoms with Crippen LogP contribution in [-0.4, -0.2) is 6.04 Å². The van der Waals surface area contributed by atoms with Crippen LogP contribution in [0.5, 0.6) is 5.75 Å². The molecule has 0 saturated heterocycles. The van der Waals surface area contributed by atoms with Crippen LogP contribution in [0.2, 0.25) is 0 Å². The van der Waals surface area contributed by atoms with Gasteiger partial charge in [-0.25, -0.2) is 4.39 Å². The summed E-state index contributed by atoms with van der Waals surface area (Å²) in [6.07, 6.45) is 1.66. The number of benzene rings is 2. The van der Waals surface area contributed by atoms with Gasteiger partial charge in [0.05, 0.1) is 0 Å². The van der Waals surface area contributed by atoms with Gasteiger partial charge in [-0.05, 0) is 37.1 Å². The highest BCUT2D eigenvalue weighted by Gasteiger charge is 2.21. The predicted molar refractivity (Wildman–Crippen MR) is 83.9 cm³/mol. The Bertz CT molecular complexity index is 566. The van der Waals surface area contributed by atoms with Gasteiger partial charge in [-0.2, -0.15) is 0 Å². The highest BCUT2D eigenvalue weighted by atomic mass is 19.1. The van der Waals surface area contributed by atoms with Crippen molar-refractivity contribution in [3.63, 3.8) is 0 Å². The zero-order chi connectivity index (χ0) is 15.2. The Balaban J connectivity index is 2.19. The molecule has 0 fully saturated rings. The van der Waals surface area contributed by atoms with Crippen LogP contribution in [0.25, 0.3) is 0 Å². The molecule has 0 spiro atoms. The molecule has 0 radical (unpaired) electrons. The largest absolute Gasteiger partial charge is 0.484 e.